The number of hydrogen-bond donors (Lipinski definition) is 1. The second kappa shape index (κ2) is 6.07. The number of thiophene rings is 1. The Morgan fingerprint density at radius 1 is 1.13 bits per heavy atom. The van der Waals surface area contributed by atoms with E-state index in [1.807, 2.05) is 4.90 Å². The fraction of sp³-hybridized carbons (Fsp3) is 0.588. The summed E-state index contributed by atoms with van der Waals surface area (Å²) in [6.07, 6.45) is 7.92. The molecule has 0 spiro atoms. The third kappa shape index (κ3) is 2.80. The van der Waals surface area contributed by atoms with Crippen LogP contribution in [0.25, 0.3) is 10.2 Å². The van der Waals surface area contributed by atoms with Crippen molar-refractivity contribution in [3.63, 3.8) is 0 Å². The van der Waals surface area contributed by atoms with Crippen molar-refractivity contribution in [3.8, 4) is 0 Å². The van der Waals surface area contributed by atoms with Gasteiger partial charge in [0.1, 0.15) is 10.7 Å². The minimum atomic E-state index is -0.0733. The molecule has 0 radical (unpaired) electrons. The van der Waals surface area contributed by atoms with Crippen molar-refractivity contribution >= 4 is 27.5 Å². The Morgan fingerprint density at radius 3 is 2.74 bits per heavy atom. The summed E-state index contributed by atoms with van der Waals surface area (Å²) in [5.74, 6) is 0.588. The van der Waals surface area contributed by atoms with Gasteiger partial charge in [0.05, 0.1) is 11.8 Å². The molecule has 23 heavy (non-hydrogen) atoms. The average molecular weight is 331 g/mol. The second-order valence-electron chi connectivity index (χ2n) is 6.52. The van der Waals surface area contributed by atoms with Gasteiger partial charge in [-0.15, -0.1) is 11.3 Å². The van der Waals surface area contributed by atoms with Crippen molar-refractivity contribution in [2.75, 3.05) is 13.1 Å². The van der Waals surface area contributed by atoms with Gasteiger partial charge in [-0.2, -0.15) is 0 Å². The zero-order valence-electron chi connectivity index (χ0n) is 13.2. The van der Waals surface area contributed by atoms with Gasteiger partial charge in [0.2, 0.25) is 5.91 Å². The first-order valence-corrected chi connectivity index (χ1v) is 9.35. The van der Waals surface area contributed by atoms with E-state index in [2.05, 4.69) is 9.97 Å². The third-order valence-electron chi connectivity index (χ3n) is 4.90. The molecule has 2 aliphatic rings. The van der Waals surface area contributed by atoms with E-state index in [9.17, 15) is 9.59 Å². The van der Waals surface area contributed by atoms with Crippen LogP contribution >= 0.6 is 11.3 Å². The molecule has 3 heterocycles. The topological polar surface area (TPSA) is 66.1 Å². The zero-order valence-corrected chi connectivity index (χ0v) is 14.0. The maximum Gasteiger partial charge on any atom is 0.259 e. The number of carbonyl (C=O) groups excluding carboxylic acids is 1. The maximum absolute atomic E-state index is 12.5. The Hall–Kier alpha value is -1.69. The molecule has 6 heteroatoms. The summed E-state index contributed by atoms with van der Waals surface area (Å²) in [4.78, 5) is 36.3. The van der Waals surface area contributed by atoms with Crippen LogP contribution in [0.1, 0.15) is 48.4 Å². The highest BCUT2D eigenvalue weighted by molar-refractivity contribution is 7.18. The fourth-order valence-electron chi connectivity index (χ4n) is 3.69. The minimum absolute atomic E-state index is 0.0733. The maximum atomic E-state index is 12.5. The van der Waals surface area contributed by atoms with Crippen LogP contribution in [0.4, 0.5) is 0 Å². The summed E-state index contributed by atoms with van der Waals surface area (Å²) in [7, 11) is 0. The van der Waals surface area contributed by atoms with Crippen LogP contribution in [0, 0.1) is 0 Å². The number of aryl methyl sites for hydroxylation is 2. The van der Waals surface area contributed by atoms with Gasteiger partial charge in [-0.05, 0) is 50.5 Å². The van der Waals surface area contributed by atoms with Crippen LogP contribution in [0.3, 0.4) is 0 Å². The number of fused-ring (bicyclic) bond motifs is 3. The molecule has 0 unspecified atom stereocenters. The zero-order chi connectivity index (χ0) is 15.8. The lowest BCUT2D eigenvalue weighted by molar-refractivity contribution is -0.131. The molecule has 1 amide bonds. The standard InChI is InChI=1S/C17H21N3O2S/c21-14(20-8-4-1-5-9-20)10-13-18-16(22)15-11-6-2-3-7-12(11)23-17(15)19-13/h1-10H2,(H,18,19,22). The van der Waals surface area contributed by atoms with Crippen molar-refractivity contribution in [2.24, 2.45) is 0 Å². The predicted octanol–water partition coefficient (Wildman–Crippen LogP) is 2.42. The molecule has 1 aliphatic carbocycles. The Balaban J connectivity index is 1.63. The largest absolute Gasteiger partial charge is 0.342 e. The fourth-order valence-corrected chi connectivity index (χ4v) is 4.97. The summed E-state index contributed by atoms with van der Waals surface area (Å²) in [5.41, 5.74) is 1.12. The van der Waals surface area contributed by atoms with Gasteiger partial charge in [0.15, 0.2) is 0 Å². The Bertz CT molecular complexity index is 802. The lowest BCUT2D eigenvalue weighted by Crippen LogP contribution is -2.37. The Labute approximate surface area is 138 Å². The van der Waals surface area contributed by atoms with Gasteiger partial charge < -0.3 is 9.88 Å². The molecule has 0 bridgehead atoms. The molecule has 1 N–H and O–H groups in total. The number of hydrogen-bond acceptors (Lipinski definition) is 4. The number of rotatable bonds is 2. The smallest absolute Gasteiger partial charge is 0.259 e. The monoisotopic (exact) mass is 331 g/mol. The Kier molecular flexibility index (Phi) is 3.93. The first-order valence-electron chi connectivity index (χ1n) is 8.53. The number of carbonyl (C=O) groups is 1. The second-order valence-corrected chi connectivity index (χ2v) is 7.61. The molecule has 4 rings (SSSR count). The number of aromatic nitrogens is 2. The summed E-state index contributed by atoms with van der Waals surface area (Å²) in [6.45, 7) is 1.66. The number of aromatic amines is 1. The van der Waals surface area contributed by atoms with Gasteiger partial charge in [-0.1, -0.05) is 0 Å². The Morgan fingerprint density at radius 2 is 1.91 bits per heavy atom. The molecule has 1 saturated heterocycles. The van der Waals surface area contributed by atoms with E-state index < -0.39 is 0 Å². The number of nitrogens with one attached hydrogen (secondary N) is 1. The molecular weight excluding hydrogens is 310 g/mol. The highest BCUT2D eigenvalue weighted by Crippen LogP contribution is 2.33. The van der Waals surface area contributed by atoms with Gasteiger partial charge in [-0.25, -0.2) is 4.98 Å². The molecule has 0 atom stereocenters. The van der Waals surface area contributed by atoms with Crippen molar-refractivity contribution in [1.29, 1.82) is 0 Å². The third-order valence-corrected chi connectivity index (χ3v) is 6.09. The lowest BCUT2D eigenvalue weighted by atomic mass is 9.97. The summed E-state index contributed by atoms with van der Waals surface area (Å²) in [6, 6.07) is 0. The van der Waals surface area contributed by atoms with Crippen LogP contribution in [-0.4, -0.2) is 33.9 Å². The SMILES string of the molecule is O=C(Cc1nc2sc3c(c2c(=O)[nH]1)CCCC3)N1CCCCC1. The van der Waals surface area contributed by atoms with E-state index in [4.69, 9.17) is 0 Å². The van der Waals surface area contributed by atoms with E-state index in [1.165, 1.54) is 23.3 Å². The highest BCUT2D eigenvalue weighted by Gasteiger charge is 2.22. The van der Waals surface area contributed by atoms with E-state index in [0.29, 0.717) is 5.82 Å². The summed E-state index contributed by atoms with van der Waals surface area (Å²) in [5, 5.41) is 0.763. The van der Waals surface area contributed by atoms with Gasteiger partial charge >= 0.3 is 0 Å². The normalized spacial score (nSPS) is 18.2. The van der Waals surface area contributed by atoms with E-state index in [1.54, 1.807) is 11.3 Å². The molecule has 1 aliphatic heterocycles. The molecule has 1 fully saturated rings. The van der Waals surface area contributed by atoms with Gasteiger partial charge in [0, 0.05) is 18.0 Å². The molecule has 5 nitrogen and oxygen atoms in total. The average Bonchev–Trinajstić information content (AvgIpc) is 2.94. The number of H-pyrrole nitrogens is 1. The minimum Gasteiger partial charge on any atom is -0.342 e. The van der Waals surface area contributed by atoms with Crippen molar-refractivity contribution in [1.82, 2.24) is 14.9 Å². The lowest BCUT2D eigenvalue weighted by Gasteiger charge is -2.26. The van der Waals surface area contributed by atoms with Crippen molar-refractivity contribution in [2.45, 2.75) is 51.4 Å². The number of likely N-dealkylation sites (tertiary alicyclic amines) is 1. The molecule has 122 valence electrons. The predicted molar refractivity (Wildman–Crippen MR) is 91.0 cm³/mol. The van der Waals surface area contributed by atoms with Crippen LogP contribution < -0.4 is 5.56 Å². The molecule has 0 saturated carbocycles. The highest BCUT2D eigenvalue weighted by atomic mass is 32.1. The van der Waals surface area contributed by atoms with Crippen LogP contribution in [0.15, 0.2) is 4.79 Å². The van der Waals surface area contributed by atoms with E-state index in [0.717, 1.165) is 55.4 Å². The van der Waals surface area contributed by atoms with E-state index >= 15 is 0 Å². The van der Waals surface area contributed by atoms with Gasteiger partial charge in [0.25, 0.3) is 5.56 Å². The quantitative estimate of drug-likeness (QED) is 0.919. The first-order chi connectivity index (χ1) is 11.2. The molecule has 0 aromatic carbocycles. The number of amides is 1. The van der Waals surface area contributed by atoms with Crippen molar-refractivity contribution in [3.05, 3.63) is 26.6 Å². The first kappa shape index (κ1) is 14.9. The van der Waals surface area contributed by atoms with Crippen molar-refractivity contribution < 1.29 is 4.79 Å². The summed E-state index contributed by atoms with van der Waals surface area (Å²) >= 11 is 1.63. The number of nitrogens with zero attached hydrogens (tertiary/aromatic N) is 2. The van der Waals surface area contributed by atoms with Crippen LogP contribution in [0.5, 0.6) is 0 Å². The van der Waals surface area contributed by atoms with Crippen LogP contribution in [0.2, 0.25) is 0 Å². The van der Waals surface area contributed by atoms with Crippen LogP contribution in [-0.2, 0) is 24.1 Å². The number of piperidine rings is 1. The molecule has 2 aromatic heterocycles. The van der Waals surface area contributed by atoms with E-state index in [-0.39, 0.29) is 17.9 Å². The summed E-state index contributed by atoms with van der Waals surface area (Å²) < 4.78 is 0. The molecule has 2 aromatic rings. The molecular formula is C17H21N3O2S. The van der Waals surface area contributed by atoms with Gasteiger partial charge in [-0.3, -0.25) is 9.59 Å².